The molecule has 1 saturated heterocycles. The van der Waals surface area contributed by atoms with E-state index in [1.807, 2.05) is 39.5 Å². The van der Waals surface area contributed by atoms with Gasteiger partial charge in [0.2, 0.25) is 5.82 Å². The summed E-state index contributed by atoms with van der Waals surface area (Å²) < 4.78 is 0. The second kappa shape index (κ2) is 4.59. The van der Waals surface area contributed by atoms with Crippen molar-refractivity contribution in [2.75, 3.05) is 19.6 Å². The monoisotopic (exact) mass is 265 g/mol. The number of hydrogen-bond acceptors (Lipinski definition) is 4. The van der Waals surface area contributed by atoms with Crippen LogP contribution in [0.5, 0.6) is 0 Å². The average molecular weight is 265 g/mol. The SMILES string of the molecule is CC(C)(C)c1nc(C(=O)N2CCNCC2(C)C)n[nH]1. The maximum atomic E-state index is 12.5. The predicted molar refractivity (Wildman–Crippen MR) is 73.1 cm³/mol. The Balaban J connectivity index is 2.22. The van der Waals surface area contributed by atoms with Gasteiger partial charge in [0.25, 0.3) is 5.91 Å². The van der Waals surface area contributed by atoms with E-state index in [4.69, 9.17) is 0 Å². The molecule has 2 heterocycles. The van der Waals surface area contributed by atoms with Crippen LogP contribution in [0.2, 0.25) is 0 Å². The Morgan fingerprint density at radius 1 is 1.37 bits per heavy atom. The topological polar surface area (TPSA) is 73.9 Å². The van der Waals surface area contributed by atoms with Crippen molar-refractivity contribution >= 4 is 5.91 Å². The molecule has 1 aliphatic heterocycles. The quantitative estimate of drug-likeness (QED) is 0.792. The lowest BCUT2D eigenvalue weighted by Gasteiger charge is -2.42. The molecule has 6 nitrogen and oxygen atoms in total. The summed E-state index contributed by atoms with van der Waals surface area (Å²) >= 11 is 0. The van der Waals surface area contributed by atoms with Gasteiger partial charge in [-0.1, -0.05) is 20.8 Å². The van der Waals surface area contributed by atoms with E-state index >= 15 is 0 Å². The van der Waals surface area contributed by atoms with Crippen LogP contribution in [0.3, 0.4) is 0 Å². The highest BCUT2D eigenvalue weighted by molar-refractivity contribution is 5.91. The van der Waals surface area contributed by atoms with Crippen LogP contribution >= 0.6 is 0 Å². The molecule has 0 saturated carbocycles. The van der Waals surface area contributed by atoms with Crippen LogP contribution in [-0.4, -0.2) is 51.2 Å². The number of carbonyl (C=O) groups excluding carboxylic acids is 1. The van der Waals surface area contributed by atoms with Gasteiger partial charge in [-0.3, -0.25) is 9.89 Å². The Kier molecular flexibility index (Phi) is 3.38. The summed E-state index contributed by atoms with van der Waals surface area (Å²) in [4.78, 5) is 18.7. The van der Waals surface area contributed by atoms with E-state index in [2.05, 4.69) is 20.5 Å². The van der Waals surface area contributed by atoms with Gasteiger partial charge in [-0.2, -0.15) is 0 Å². The largest absolute Gasteiger partial charge is 0.328 e. The minimum Gasteiger partial charge on any atom is -0.328 e. The first-order valence-electron chi connectivity index (χ1n) is 6.67. The Morgan fingerprint density at radius 2 is 2.05 bits per heavy atom. The molecule has 2 rings (SSSR count). The molecule has 1 amide bonds. The lowest BCUT2D eigenvalue weighted by Crippen LogP contribution is -2.60. The fourth-order valence-electron chi connectivity index (χ4n) is 2.17. The summed E-state index contributed by atoms with van der Waals surface area (Å²) in [5.74, 6) is 0.905. The molecule has 0 aromatic carbocycles. The standard InChI is InChI=1S/C13H23N5O/c1-12(2,3)11-15-9(16-17-11)10(19)18-7-6-14-8-13(18,4)5/h14H,6-8H2,1-5H3,(H,15,16,17). The van der Waals surface area contributed by atoms with Crippen molar-refractivity contribution in [3.8, 4) is 0 Å². The summed E-state index contributed by atoms with van der Waals surface area (Å²) in [5.41, 5.74) is -0.345. The molecule has 106 valence electrons. The fourth-order valence-corrected chi connectivity index (χ4v) is 2.17. The molecule has 1 aliphatic rings. The van der Waals surface area contributed by atoms with Crippen molar-refractivity contribution in [1.29, 1.82) is 0 Å². The highest BCUT2D eigenvalue weighted by Crippen LogP contribution is 2.21. The van der Waals surface area contributed by atoms with Gasteiger partial charge in [-0.15, -0.1) is 5.10 Å². The van der Waals surface area contributed by atoms with Crippen molar-refractivity contribution in [3.05, 3.63) is 11.6 Å². The Hall–Kier alpha value is -1.43. The van der Waals surface area contributed by atoms with Crippen LogP contribution in [0.4, 0.5) is 0 Å². The van der Waals surface area contributed by atoms with E-state index < -0.39 is 0 Å². The van der Waals surface area contributed by atoms with Gasteiger partial charge in [-0.25, -0.2) is 4.98 Å². The number of rotatable bonds is 1. The molecule has 6 heteroatoms. The number of aromatic nitrogens is 3. The zero-order valence-corrected chi connectivity index (χ0v) is 12.4. The molecule has 1 aromatic heterocycles. The van der Waals surface area contributed by atoms with Gasteiger partial charge >= 0.3 is 0 Å². The lowest BCUT2D eigenvalue weighted by molar-refractivity contribution is 0.0465. The summed E-state index contributed by atoms with van der Waals surface area (Å²) in [6.07, 6.45) is 0. The molecule has 19 heavy (non-hydrogen) atoms. The maximum absolute atomic E-state index is 12.5. The van der Waals surface area contributed by atoms with Gasteiger partial charge < -0.3 is 10.2 Å². The molecule has 0 unspecified atom stereocenters. The molecule has 0 radical (unpaired) electrons. The third kappa shape index (κ3) is 2.78. The van der Waals surface area contributed by atoms with Gasteiger partial charge in [0.1, 0.15) is 5.82 Å². The number of piperazine rings is 1. The average Bonchev–Trinajstić information content (AvgIpc) is 2.76. The number of H-pyrrole nitrogens is 1. The molecule has 0 bridgehead atoms. The Bertz CT molecular complexity index is 472. The molecule has 0 atom stereocenters. The van der Waals surface area contributed by atoms with Gasteiger partial charge in [-0.05, 0) is 13.8 Å². The first kappa shape index (κ1) is 14.0. The van der Waals surface area contributed by atoms with E-state index in [-0.39, 0.29) is 22.7 Å². The second-order valence-electron chi connectivity index (χ2n) is 6.70. The van der Waals surface area contributed by atoms with Crippen LogP contribution in [-0.2, 0) is 5.41 Å². The molecule has 0 spiro atoms. The number of hydrogen-bond donors (Lipinski definition) is 2. The first-order chi connectivity index (χ1) is 8.72. The van der Waals surface area contributed by atoms with Gasteiger partial charge in [0.05, 0.1) is 5.54 Å². The van der Waals surface area contributed by atoms with Crippen LogP contribution in [0.25, 0.3) is 0 Å². The highest BCUT2D eigenvalue weighted by Gasteiger charge is 2.35. The highest BCUT2D eigenvalue weighted by atomic mass is 16.2. The van der Waals surface area contributed by atoms with Gasteiger partial charge in [0, 0.05) is 25.0 Å². The Morgan fingerprint density at radius 3 is 2.58 bits per heavy atom. The van der Waals surface area contributed by atoms with E-state index in [9.17, 15) is 4.79 Å². The third-order valence-corrected chi connectivity index (χ3v) is 3.43. The number of nitrogens with one attached hydrogen (secondary N) is 2. The van der Waals surface area contributed by atoms with Crippen molar-refractivity contribution in [1.82, 2.24) is 25.4 Å². The summed E-state index contributed by atoms with van der Waals surface area (Å²) in [7, 11) is 0. The lowest BCUT2D eigenvalue weighted by atomic mass is 9.96. The van der Waals surface area contributed by atoms with Crippen molar-refractivity contribution in [2.24, 2.45) is 0 Å². The predicted octanol–water partition coefficient (Wildman–Crippen LogP) is 0.926. The molecule has 1 aromatic rings. The van der Waals surface area contributed by atoms with E-state index in [0.717, 1.165) is 18.9 Å². The molecular formula is C13H23N5O. The van der Waals surface area contributed by atoms with Crippen molar-refractivity contribution < 1.29 is 4.79 Å². The maximum Gasteiger partial charge on any atom is 0.294 e. The number of aromatic amines is 1. The number of carbonyl (C=O) groups is 1. The minimum absolute atomic E-state index is 0.0988. The molecule has 1 fully saturated rings. The zero-order valence-electron chi connectivity index (χ0n) is 12.4. The second-order valence-corrected chi connectivity index (χ2v) is 6.70. The minimum atomic E-state index is -0.210. The van der Waals surface area contributed by atoms with Crippen molar-refractivity contribution in [2.45, 2.75) is 45.6 Å². The molecule has 0 aliphatic carbocycles. The Labute approximate surface area is 114 Å². The van der Waals surface area contributed by atoms with Crippen molar-refractivity contribution in [3.63, 3.8) is 0 Å². The summed E-state index contributed by atoms with van der Waals surface area (Å²) in [5, 5.41) is 10.2. The number of nitrogens with zero attached hydrogens (tertiary/aromatic N) is 3. The van der Waals surface area contributed by atoms with Gasteiger partial charge in [0.15, 0.2) is 0 Å². The van der Waals surface area contributed by atoms with E-state index in [1.165, 1.54) is 0 Å². The third-order valence-electron chi connectivity index (χ3n) is 3.43. The summed E-state index contributed by atoms with van der Waals surface area (Å²) in [6.45, 7) is 12.5. The fraction of sp³-hybridized carbons (Fsp3) is 0.769. The first-order valence-corrected chi connectivity index (χ1v) is 6.67. The zero-order chi connectivity index (χ0) is 14.3. The van der Waals surface area contributed by atoms with Crippen LogP contribution in [0, 0.1) is 0 Å². The van der Waals surface area contributed by atoms with Crippen LogP contribution in [0.1, 0.15) is 51.1 Å². The van der Waals surface area contributed by atoms with E-state index in [1.54, 1.807) is 0 Å². The van der Waals surface area contributed by atoms with E-state index in [0.29, 0.717) is 6.54 Å². The molecule has 2 N–H and O–H groups in total. The normalized spacial score (nSPS) is 19.5. The summed E-state index contributed by atoms with van der Waals surface area (Å²) in [6, 6.07) is 0. The van der Waals surface area contributed by atoms with Crippen LogP contribution < -0.4 is 5.32 Å². The molecular weight excluding hydrogens is 242 g/mol. The number of amides is 1. The van der Waals surface area contributed by atoms with Crippen LogP contribution in [0.15, 0.2) is 0 Å². The smallest absolute Gasteiger partial charge is 0.294 e.